The Bertz CT molecular complexity index is 461. The van der Waals surface area contributed by atoms with Crippen molar-refractivity contribution in [1.29, 1.82) is 0 Å². The van der Waals surface area contributed by atoms with E-state index >= 15 is 0 Å². The van der Waals surface area contributed by atoms with Crippen LogP contribution in [0.2, 0.25) is 0 Å². The van der Waals surface area contributed by atoms with Crippen molar-refractivity contribution >= 4 is 11.8 Å². The third kappa shape index (κ3) is 4.94. The summed E-state index contributed by atoms with van der Waals surface area (Å²) in [5.74, 6) is 0.241. The van der Waals surface area contributed by atoms with Gasteiger partial charge in [0.05, 0.1) is 5.92 Å². The first-order valence-corrected chi connectivity index (χ1v) is 9.71. The maximum Gasteiger partial charge on any atom is 0.225 e. The van der Waals surface area contributed by atoms with Crippen LogP contribution < -0.4 is 5.32 Å². The number of hydrogen-bond acceptors (Lipinski definition) is 4. The van der Waals surface area contributed by atoms with Crippen LogP contribution in [0.5, 0.6) is 0 Å². The Morgan fingerprint density at radius 1 is 1.32 bits per heavy atom. The minimum Gasteiger partial charge on any atom is -0.381 e. The van der Waals surface area contributed by atoms with Crippen LogP contribution >= 0.6 is 0 Å². The number of likely N-dealkylation sites (N-methyl/N-ethyl adjacent to an activating group) is 1. The largest absolute Gasteiger partial charge is 0.381 e. The van der Waals surface area contributed by atoms with Gasteiger partial charge in [-0.1, -0.05) is 13.8 Å². The number of rotatable bonds is 6. The number of carbonyl (C=O) groups excluding carboxylic acids is 2. The normalized spacial score (nSPS) is 24.8. The molecule has 144 valence electrons. The lowest BCUT2D eigenvalue weighted by Gasteiger charge is -2.43. The summed E-state index contributed by atoms with van der Waals surface area (Å²) >= 11 is 0. The number of nitrogens with zero attached hydrogens (tertiary/aromatic N) is 2. The van der Waals surface area contributed by atoms with Gasteiger partial charge in [-0.05, 0) is 46.2 Å². The van der Waals surface area contributed by atoms with Gasteiger partial charge in [0.15, 0.2) is 0 Å². The Labute approximate surface area is 152 Å². The van der Waals surface area contributed by atoms with Crippen molar-refractivity contribution in [3.8, 4) is 0 Å². The zero-order chi connectivity index (χ0) is 18.4. The summed E-state index contributed by atoms with van der Waals surface area (Å²) in [5, 5.41) is 3.17. The van der Waals surface area contributed by atoms with Crippen LogP contribution in [0, 0.1) is 11.8 Å². The van der Waals surface area contributed by atoms with Crippen molar-refractivity contribution in [3.63, 3.8) is 0 Å². The number of ether oxygens (including phenoxy) is 1. The zero-order valence-corrected chi connectivity index (χ0v) is 16.3. The Balaban J connectivity index is 1.90. The van der Waals surface area contributed by atoms with Crippen molar-refractivity contribution in [1.82, 2.24) is 15.1 Å². The summed E-state index contributed by atoms with van der Waals surface area (Å²) in [4.78, 5) is 29.2. The van der Waals surface area contributed by atoms with Crippen LogP contribution in [-0.4, -0.2) is 74.1 Å². The molecule has 0 bridgehead atoms. The molecule has 2 saturated heterocycles. The van der Waals surface area contributed by atoms with Crippen LogP contribution in [0.1, 0.15) is 46.0 Å². The molecule has 2 atom stereocenters. The molecular formula is C19H35N3O3. The molecule has 2 amide bonds. The number of piperidine rings is 1. The summed E-state index contributed by atoms with van der Waals surface area (Å²) in [7, 11) is 4.15. The predicted octanol–water partition coefficient (Wildman–Crippen LogP) is 1.50. The second kappa shape index (κ2) is 8.99. The van der Waals surface area contributed by atoms with Crippen molar-refractivity contribution < 1.29 is 14.3 Å². The van der Waals surface area contributed by atoms with Crippen LogP contribution in [0.15, 0.2) is 0 Å². The van der Waals surface area contributed by atoms with Gasteiger partial charge in [0, 0.05) is 44.3 Å². The lowest BCUT2D eigenvalue weighted by molar-refractivity contribution is -0.139. The number of amides is 2. The fourth-order valence-electron chi connectivity index (χ4n) is 3.81. The topological polar surface area (TPSA) is 61.9 Å². The third-order valence-electron chi connectivity index (χ3n) is 6.10. The molecule has 0 aliphatic carbocycles. The summed E-state index contributed by atoms with van der Waals surface area (Å²) < 4.78 is 5.49. The SMILES string of the molecule is CCC(C)C(=O)N1CCCC(C(=O)NCC2(N(C)C)CCOCC2)C1. The second-order valence-electron chi connectivity index (χ2n) is 7.88. The number of nitrogens with one attached hydrogen (secondary N) is 1. The van der Waals surface area contributed by atoms with E-state index in [9.17, 15) is 9.59 Å². The highest BCUT2D eigenvalue weighted by Crippen LogP contribution is 2.26. The highest BCUT2D eigenvalue weighted by atomic mass is 16.5. The van der Waals surface area contributed by atoms with E-state index in [0.29, 0.717) is 13.1 Å². The number of carbonyl (C=O) groups is 2. The first kappa shape index (κ1) is 20.2. The maximum atomic E-state index is 12.7. The Hall–Kier alpha value is -1.14. The standard InChI is InChI=1S/C19H35N3O3/c1-5-15(2)18(24)22-10-6-7-16(13-22)17(23)20-14-19(21(3)4)8-11-25-12-9-19/h15-16H,5-14H2,1-4H3,(H,20,23). The Kier molecular flexibility index (Phi) is 7.25. The summed E-state index contributed by atoms with van der Waals surface area (Å²) in [5.41, 5.74) is -0.0190. The molecule has 2 aliphatic heterocycles. The molecular weight excluding hydrogens is 318 g/mol. The van der Waals surface area contributed by atoms with Gasteiger partial charge in [-0.3, -0.25) is 9.59 Å². The van der Waals surface area contributed by atoms with Crippen LogP contribution in [0.4, 0.5) is 0 Å². The fourth-order valence-corrected chi connectivity index (χ4v) is 3.81. The summed E-state index contributed by atoms with van der Waals surface area (Å²) in [6.45, 7) is 7.49. The van der Waals surface area contributed by atoms with E-state index in [1.807, 2.05) is 18.7 Å². The Morgan fingerprint density at radius 2 is 2.00 bits per heavy atom. The average molecular weight is 354 g/mol. The molecule has 2 unspecified atom stereocenters. The molecule has 0 saturated carbocycles. The van der Waals surface area contributed by atoms with E-state index in [2.05, 4.69) is 24.3 Å². The molecule has 6 heteroatoms. The van der Waals surface area contributed by atoms with E-state index < -0.39 is 0 Å². The van der Waals surface area contributed by atoms with E-state index in [1.54, 1.807) is 0 Å². The number of hydrogen-bond donors (Lipinski definition) is 1. The van der Waals surface area contributed by atoms with Gasteiger partial charge in [-0.15, -0.1) is 0 Å². The molecule has 25 heavy (non-hydrogen) atoms. The Morgan fingerprint density at radius 3 is 2.60 bits per heavy atom. The minimum atomic E-state index is -0.0826. The van der Waals surface area contributed by atoms with Crippen molar-refractivity contribution in [3.05, 3.63) is 0 Å². The van der Waals surface area contributed by atoms with E-state index in [-0.39, 0.29) is 29.2 Å². The van der Waals surface area contributed by atoms with Gasteiger partial charge >= 0.3 is 0 Å². The van der Waals surface area contributed by atoms with Crippen LogP contribution in [0.3, 0.4) is 0 Å². The molecule has 0 aromatic heterocycles. The van der Waals surface area contributed by atoms with Gasteiger partial charge in [-0.2, -0.15) is 0 Å². The van der Waals surface area contributed by atoms with Gasteiger partial charge in [-0.25, -0.2) is 0 Å². The molecule has 2 aliphatic rings. The highest BCUT2D eigenvalue weighted by molar-refractivity contribution is 5.82. The second-order valence-corrected chi connectivity index (χ2v) is 7.88. The zero-order valence-electron chi connectivity index (χ0n) is 16.3. The lowest BCUT2D eigenvalue weighted by atomic mass is 9.88. The molecule has 2 fully saturated rings. The molecule has 0 radical (unpaired) electrons. The first-order chi connectivity index (χ1) is 11.9. The third-order valence-corrected chi connectivity index (χ3v) is 6.10. The van der Waals surface area contributed by atoms with Crippen LogP contribution in [-0.2, 0) is 14.3 Å². The van der Waals surface area contributed by atoms with Gasteiger partial charge in [0.25, 0.3) is 0 Å². The molecule has 0 aromatic carbocycles. The summed E-state index contributed by atoms with van der Waals surface area (Å²) in [6, 6.07) is 0. The smallest absolute Gasteiger partial charge is 0.225 e. The molecule has 0 aromatic rings. The minimum absolute atomic E-state index is 0.0190. The van der Waals surface area contributed by atoms with Crippen molar-refractivity contribution in [2.24, 2.45) is 11.8 Å². The molecule has 0 spiro atoms. The molecule has 2 rings (SSSR count). The maximum absolute atomic E-state index is 12.7. The monoisotopic (exact) mass is 353 g/mol. The van der Waals surface area contributed by atoms with E-state index in [1.165, 1.54) is 0 Å². The van der Waals surface area contributed by atoms with Gasteiger partial charge < -0.3 is 19.9 Å². The van der Waals surface area contributed by atoms with E-state index in [4.69, 9.17) is 4.74 Å². The average Bonchev–Trinajstić information content (AvgIpc) is 2.65. The van der Waals surface area contributed by atoms with Crippen molar-refractivity contribution in [2.75, 3.05) is 46.9 Å². The number of likely N-dealkylation sites (tertiary alicyclic amines) is 1. The van der Waals surface area contributed by atoms with Gasteiger partial charge in [0.2, 0.25) is 11.8 Å². The van der Waals surface area contributed by atoms with Gasteiger partial charge in [0.1, 0.15) is 0 Å². The fraction of sp³-hybridized carbons (Fsp3) is 0.895. The highest BCUT2D eigenvalue weighted by Gasteiger charge is 2.36. The molecule has 1 N–H and O–H groups in total. The van der Waals surface area contributed by atoms with Crippen molar-refractivity contribution in [2.45, 2.75) is 51.5 Å². The van der Waals surface area contributed by atoms with Crippen LogP contribution in [0.25, 0.3) is 0 Å². The first-order valence-electron chi connectivity index (χ1n) is 9.71. The quantitative estimate of drug-likeness (QED) is 0.786. The molecule has 2 heterocycles. The van der Waals surface area contributed by atoms with E-state index in [0.717, 1.165) is 51.9 Å². The summed E-state index contributed by atoms with van der Waals surface area (Å²) in [6.07, 6.45) is 4.49. The predicted molar refractivity (Wildman–Crippen MR) is 98.2 cm³/mol. The lowest BCUT2D eigenvalue weighted by Crippen LogP contribution is -2.57. The molecule has 6 nitrogen and oxygen atoms in total.